The lowest BCUT2D eigenvalue weighted by molar-refractivity contribution is -0.107. The van der Waals surface area contributed by atoms with Crippen LogP contribution in [-0.4, -0.2) is 22.3 Å². The highest BCUT2D eigenvalue weighted by atomic mass is 16.1. The van der Waals surface area contributed by atoms with Crippen LogP contribution in [0.25, 0.3) is 11.1 Å². The zero-order chi connectivity index (χ0) is 17.8. The number of aromatic nitrogens is 2. The van der Waals surface area contributed by atoms with Crippen molar-refractivity contribution in [3.05, 3.63) is 103 Å². The second-order valence-electron chi connectivity index (χ2n) is 5.94. The van der Waals surface area contributed by atoms with Crippen LogP contribution in [0.15, 0.2) is 91.4 Å². The number of benzene rings is 1. The van der Waals surface area contributed by atoms with E-state index in [2.05, 4.69) is 9.97 Å². The first kappa shape index (κ1) is 16.0. The molecular weight excluding hydrogens is 322 g/mol. The Labute approximate surface area is 152 Å². The van der Waals surface area contributed by atoms with Crippen LogP contribution in [-0.2, 0) is 4.79 Å². The van der Waals surface area contributed by atoms with Gasteiger partial charge in [-0.1, -0.05) is 30.3 Å². The van der Waals surface area contributed by atoms with Gasteiger partial charge in [0.15, 0.2) is 0 Å². The van der Waals surface area contributed by atoms with Crippen LogP contribution in [0.3, 0.4) is 0 Å². The Morgan fingerprint density at radius 1 is 0.808 bits per heavy atom. The summed E-state index contributed by atoms with van der Waals surface area (Å²) in [6.45, 7) is 0. The van der Waals surface area contributed by atoms with Gasteiger partial charge in [-0.05, 0) is 42.5 Å². The Hall–Kier alpha value is -3.53. The van der Waals surface area contributed by atoms with Crippen molar-refractivity contribution in [1.29, 1.82) is 0 Å². The average molecular weight is 339 g/mol. The molecule has 1 aliphatic rings. The summed E-state index contributed by atoms with van der Waals surface area (Å²) in [6.07, 6.45) is 8.44. The topological polar surface area (TPSA) is 46.1 Å². The molecule has 0 radical (unpaired) electrons. The fraction of sp³-hybridized carbons (Fsp3) is 0.0455. The molecule has 1 aliphatic heterocycles. The maximum absolute atomic E-state index is 12.0. The maximum Gasteiger partial charge on any atom is 0.147 e. The number of nitrogens with zero attached hydrogens (tertiary/aromatic N) is 3. The monoisotopic (exact) mass is 339 g/mol. The number of carbonyl (C=O) groups is 1. The minimum atomic E-state index is -0.445. The molecule has 2 aromatic heterocycles. The predicted molar refractivity (Wildman–Crippen MR) is 103 cm³/mol. The average Bonchev–Trinajstić information content (AvgIpc) is 2.74. The summed E-state index contributed by atoms with van der Waals surface area (Å²) < 4.78 is 0. The first-order valence-corrected chi connectivity index (χ1v) is 8.42. The van der Waals surface area contributed by atoms with Crippen LogP contribution in [0, 0.1) is 0 Å². The van der Waals surface area contributed by atoms with Crippen LogP contribution in [0.1, 0.15) is 11.4 Å². The van der Waals surface area contributed by atoms with Crippen molar-refractivity contribution < 1.29 is 4.79 Å². The van der Waals surface area contributed by atoms with Crippen molar-refractivity contribution in [1.82, 2.24) is 9.97 Å². The SMILES string of the molecule is O=CC1C(c2ccccn2)=CC(c2ccccn2)=CN1c1ccccc1. The minimum Gasteiger partial charge on any atom is -0.333 e. The zero-order valence-electron chi connectivity index (χ0n) is 14.1. The summed E-state index contributed by atoms with van der Waals surface area (Å²) in [5.74, 6) is 0. The lowest BCUT2D eigenvalue weighted by Crippen LogP contribution is -2.35. The van der Waals surface area contributed by atoms with Crippen molar-refractivity contribution in [3.8, 4) is 0 Å². The highest BCUT2D eigenvalue weighted by molar-refractivity contribution is 5.97. The molecule has 3 heterocycles. The van der Waals surface area contributed by atoms with Crippen molar-refractivity contribution >= 4 is 23.1 Å². The minimum absolute atomic E-state index is 0.445. The van der Waals surface area contributed by atoms with Crippen molar-refractivity contribution in [2.75, 3.05) is 4.90 Å². The molecule has 126 valence electrons. The molecule has 0 fully saturated rings. The molecule has 1 unspecified atom stereocenters. The van der Waals surface area contributed by atoms with Gasteiger partial charge in [0.05, 0.1) is 11.4 Å². The van der Waals surface area contributed by atoms with Crippen LogP contribution in [0.2, 0.25) is 0 Å². The van der Waals surface area contributed by atoms with Gasteiger partial charge in [-0.25, -0.2) is 0 Å². The van der Waals surface area contributed by atoms with Gasteiger partial charge in [-0.2, -0.15) is 0 Å². The van der Waals surface area contributed by atoms with E-state index >= 15 is 0 Å². The molecule has 4 nitrogen and oxygen atoms in total. The van der Waals surface area contributed by atoms with E-state index in [1.54, 1.807) is 12.4 Å². The molecule has 0 saturated heterocycles. The van der Waals surface area contributed by atoms with Crippen LogP contribution >= 0.6 is 0 Å². The van der Waals surface area contributed by atoms with Gasteiger partial charge in [-0.3, -0.25) is 9.97 Å². The fourth-order valence-electron chi connectivity index (χ4n) is 3.08. The summed E-state index contributed by atoms with van der Waals surface area (Å²) in [6, 6.07) is 20.9. The smallest absolute Gasteiger partial charge is 0.147 e. The summed E-state index contributed by atoms with van der Waals surface area (Å²) in [7, 11) is 0. The van der Waals surface area contributed by atoms with Crippen molar-refractivity contribution in [2.45, 2.75) is 6.04 Å². The van der Waals surface area contributed by atoms with Gasteiger partial charge in [-0.15, -0.1) is 0 Å². The summed E-state index contributed by atoms with van der Waals surface area (Å²) >= 11 is 0. The lowest BCUT2D eigenvalue weighted by atomic mass is 9.94. The van der Waals surface area contributed by atoms with E-state index in [0.717, 1.165) is 34.5 Å². The molecule has 1 atom stereocenters. The first-order chi connectivity index (χ1) is 12.9. The molecule has 0 aliphatic carbocycles. The van der Waals surface area contributed by atoms with Crippen LogP contribution in [0.5, 0.6) is 0 Å². The Bertz CT molecular complexity index is 950. The Morgan fingerprint density at radius 3 is 2.08 bits per heavy atom. The molecule has 0 bridgehead atoms. The Kier molecular flexibility index (Phi) is 4.39. The number of carbonyl (C=O) groups excluding carboxylic acids is 1. The van der Waals surface area contributed by atoms with Gasteiger partial charge in [0, 0.05) is 35.4 Å². The van der Waals surface area contributed by atoms with Crippen molar-refractivity contribution in [3.63, 3.8) is 0 Å². The molecule has 0 N–H and O–H groups in total. The number of hydrogen-bond acceptors (Lipinski definition) is 4. The number of pyridine rings is 2. The van der Waals surface area contributed by atoms with E-state index in [4.69, 9.17) is 0 Å². The standard InChI is InChI=1S/C22H17N3O/c26-16-22-19(21-11-5-7-13-24-21)14-17(20-10-4-6-12-23-20)15-25(22)18-8-2-1-3-9-18/h1-16,22H. The third kappa shape index (κ3) is 3.05. The Morgan fingerprint density at radius 2 is 1.46 bits per heavy atom. The third-order valence-corrected chi connectivity index (χ3v) is 4.31. The van der Waals surface area contributed by atoms with Gasteiger partial charge < -0.3 is 9.69 Å². The van der Waals surface area contributed by atoms with E-state index < -0.39 is 6.04 Å². The molecule has 4 heteroatoms. The molecule has 0 saturated carbocycles. The number of anilines is 1. The molecule has 26 heavy (non-hydrogen) atoms. The van der Waals surface area contributed by atoms with Crippen LogP contribution in [0.4, 0.5) is 5.69 Å². The Balaban J connectivity index is 1.88. The molecule has 3 aromatic rings. The molecule has 0 amide bonds. The maximum atomic E-state index is 12.0. The predicted octanol–water partition coefficient (Wildman–Crippen LogP) is 3.99. The summed E-state index contributed by atoms with van der Waals surface area (Å²) in [5, 5.41) is 0. The number of hydrogen-bond donors (Lipinski definition) is 0. The van der Waals surface area contributed by atoms with Gasteiger partial charge >= 0.3 is 0 Å². The van der Waals surface area contributed by atoms with E-state index in [1.807, 2.05) is 83.9 Å². The van der Waals surface area contributed by atoms with Gasteiger partial charge in [0.25, 0.3) is 0 Å². The normalized spacial score (nSPS) is 16.6. The second-order valence-corrected chi connectivity index (χ2v) is 5.94. The van der Waals surface area contributed by atoms with E-state index in [9.17, 15) is 4.79 Å². The number of rotatable bonds is 4. The molecule has 0 spiro atoms. The number of para-hydroxylation sites is 1. The highest BCUT2D eigenvalue weighted by Crippen LogP contribution is 2.33. The van der Waals surface area contributed by atoms with Gasteiger partial charge in [0.1, 0.15) is 12.3 Å². The third-order valence-electron chi connectivity index (χ3n) is 4.31. The van der Waals surface area contributed by atoms with E-state index in [0.29, 0.717) is 0 Å². The molecular formula is C22H17N3O. The quantitative estimate of drug-likeness (QED) is 0.674. The lowest BCUT2D eigenvalue weighted by Gasteiger charge is -2.32. The van der Waals surface area contributed by atoms with E-state index in [-0.39, 0.29) is 0 Å². The van der Waals surface area contributed by atoms with Gasteiger partial charge in [0.2, 0.25) is 0 Å². The second kappa shape index (κ2) is 7.15. The number of allylic oxidation sites excluding steroid dienone is 2. The highest BCUT2D eigenvalue weighted by Gasteiger charge is 2.27. The largest absolute Gasteiger partial charge is 0.333 e. The molecule has 4 rings (SSSR count). The molecule has 1 aromatic carbocycles. The van der Waals surface area contributed by atoms with Crippen molar-refractivity contribution in [2.24, 2.45) is 0 Å². The summed E-state index contributed by atoms with van der Waals surface area (Å²) in [4.78, 5) is 22.9. The van der Waals surface area contributed by atoms with E-state index in [1.165, 1.54) is 0 Å². The number of aldehydes is 1. The first-order valence-electron chi connectivity index (χ1n) is 8.42. The zero-order valence-corrected chi connectivity index (χ0v) is 14.1. The fourth-order valence-corrected chi connectivity index (χ4v) is 3.08. The summed E-state index contributed by atoms with van der Waals surface area (Å²) in [5.41, 5.74) is 4.37. The van der Waals surface area contributed by atoms with Crippen LogP contribution < -0.4 is 4.90 Å².